The molecule has 0 radical (unpaired) electrons. The van der Waals surface area contributed by atoms with Gasteiger partial charge in [-0.05, 0) is 50.0 Å². The average Bonchev–Trinajstić information content (AvgIpc) is 3.15. The Bertz CT molecular complexity index is 705. The minimum atomic E-state index is 0.0970. The molecule has 2 aromatic rings. The van der Waals surface area contributed by atoms with Crippen LogP contribution in [0.4, 0.5) is 0 Å². The predicted molar refractivity (Wildman–Crippen MR) is 102 cm³/mol. The van der Waals surface area contributed by atoms with Gasteiger partial charge in [-0.15, -0.1) is 0 Å². The summed E-state index contributed by atoms with van der Waals surface area (Å²) in [6.07, 6.45) is 6.55. The standard InChI is InChI=1S/C20H28N4O2/c1-3-12-24(18-8-10-21-11-9-18)20(25)17-13-22-23(15-17)14-16-4-6-19(26-2)7-5-16/h4-7,13,15,18,21H,3,8-12,14H2,1-2H3. The number of carbonyl (C=O) groups excluding carboxylic acids is 1. The normalized spacial score (nSPS) is 15.0. The molecule has 1 aliphatic rings. The number of methoxy groups -OCH3 is 1. The molecule has 0 unspecified atom stereocenters. The molecule has 6 nitrogen and oxygen atoms in total. The summed E-state index contributed by atoms with van der Waals surface area (Å²) in [7, 11) is 1.66. The maximum absolute atomic E-state index is 13.0. The van der Waals surface area contributed by atoms with Crippen molar-refractivity contribution in [2.75, 3.05) is 26.7 Å². The van der Waals surface area contributed by atoms with Crippen molar-refractivity contribution in [3.8, 4) is 5.75 Å². The molecule has 1 aliphatic heterocycles. The van der Waals surface area contributed by atoms with Gasteiger partial charge in [0.1, 0.15) is 5.75 Å². The van der Waals surface area contributed by atoms with Crippen LogP contribution in [0.5, 0.6) is 5.75 Å². The van der Waals surface area contributed by atoms with Crippen LogP contribution in [0.1, 0.15) is 42.1 Å². The molecule has 1 amide bonds. The molecule has 0 saturated carbocycles. The first-order valence-corrected chi connectivity index (χ1v) is 9.38. The lowest BCUT2D eigenvalue weighted by Crippen LogP contribution is -2.46. The van der Waals surface area contributed by atoms with Gasteiger partial charge in [0.05, 0.1) is 25.4 Å². The fourth-order valence-corrected chi connectivity index (χ4v) is 3.45. The lowest BCUT2D eigenvalue weighted by Gasteiger charge is -2.34. The SMILES string of the molecule is CCCN(C(=O)c1cnn(Cc2ccc(OC)cc2)c1)C1CCNCC1. The van der Waals surface area contributed by atoms with Gasteiger partial charge in [-0.2, -0.15) is 5.10 Å². The second kappa shape index (κ2) is 8.85. The van der Waals surface area contributed by atoms with Crippen molar-refractivity contribution in [3.63, 3.8) is 0 Å². The van der Waals surface area contributed by atoms with E-state index in [-0.39, 0.29) is 5.91 Å². The summed E-state index contributed by atoms with van der Waals surface area (Å²) >= 11 is 0. The molecule has 6 heteroatoms. The van der Waals surface area contributed by atoms with Gasteiger partial charge in [-0.3, -0.25) is 9.48 Å². The van der Waals surface area contributed by atoms with Crippen LogP contribution in [0.2, 0.25) is 0 Å². The van der Waals surface area contributed by atoms with Gasteiger partial charge in [0.25, 0.3) is 5.91 Å². The van der Waals surface area contributed by atoms with Crippen molar-refractivity contribution < 1.29 is 9.53 Å². The third kappa shape index (κ3) is 4.43. The second-order valence-corrected chi connectivity index (χ2v) is 6.75. The Hall–Kier alpha value is -2.34. The number of ether oxygens (including phenoxy) is 1. The van der Waals surface area contributed by atoms with Crippen LogP contribution in [-0.2, 0) is 6.54 Å². The number of nitrogens with zero attached hydrogens (tertiary/aromatic N) is 3. The number of carbonyl (C=O) groups is 1. The summed E-state index contributed by atoms with van der Waals surface area (Å²) in [4.78, 5) is 15.1. The van der Waals surface area contributed by atoms with E-state index in [2.05, 4.69) is 17.3 Å². The minimum Gasteiger partial charge on any atom is -0.497 e. The van der Waals surface area contributed by atoms with Crippen LogP contribution >= 0.6 is 0 Å². The van der Waals surface area contributed by atoms with Crippen molar-refractivity contribution in [1.82, 2.24) is 20.0 Å². The maximum Gasteiger partial charge on any atom is 0.257 e. The fourth-order valence-electron chi connectivity index (χ4n) is 3.45. The smallest absolute Gasteiger partial charge is 0.257 e. The molecule has 0 spiro atoms. The monoisotopic (exact) mass is 356 g/mol. The summed E-state index contributed by atoms with van der Waals surface area (Å²) in [5.41, 5.74) is 1.79. The van der Waals surface area contributed by atoms with Gasteiger partial charge < -0.3 is 15.0 Å². The highest BCUT2D eigenvalue weighted by Crippen LogP contribution is 2.17. The summed E-state index contributed by atoms with van der Waals surface area (Å²) in [6.45, 7) is 5.52. The molecule has 140 valence electrons. The highest BCUT2D eigenvalue weighted by atomic mass is 16.5. The van der Waals surface area contributed by atoms with Gasteiger partial charge in [0, 0.05) is 18.8 Å². The summed E-state index contributed by atoms with van der Waals surface area (Å²) in [5.74, 6) is 0.932. The van der Waals surface area contributed by atoms with Crippen molar-refractivity contribution >= 4 is 5.91 Å². The van der Waals surface area contributed by atoms with E-state index in [1.807, 2.05) is 40.0 Å². The van der Waals surface area contributed by atoms with E-state index in [1.165, 1.54) is 0 Å². The number of hydrogen-bond donors (Lipinski definition) is 1. The lowest BCUT2D eigenvalue weighted by atomic mass is 10.0. The van der Waals surface area contributed by atoms with Crippen LogP contribution in [0.25, 0.3) is 0 Å². The van der Waals surface area contributed by atoms with Crippen LogP contribution in [0.3, 0.4) is 0 Å². The summed E-state index contributed by atoms with van der Waals surface area (Å²) < 4.78 is 7.01. The van der Waals surface area contributed by atoms with Gasteiger partial charge in [0.15, 0.2) is 0 Å². The first kappa shape index (κ1) is 18.5. The van der Waals surface area contributed by atoms with Crippen LogP contribution in [-0.4, -0.2) is 53.4 Å². The first-order valence-electron chi connectivity index (χ1n) is 9.38. The molecule has 0 atom stereocenters. The van der Waals surface area contributed by atoms with Crippen molar-refractivity contribution in [2.24, 2.45) is 0 Å². The number of amides is 1. The molecule has 0 bridgehead atoms. The molecule has 1 saturated heterocycles. The van der Waals surface area contributed by atoms with Gasteiger partial charge in [-0.1, -0.05) is 19.1 Å². The Kier molecular flexibility index (Phi) is 6.28. The Morgan fingerprint density at radius 2 is 2.04 bits per heavy atom. The van der Waals surface area contributed by atoms with Gasteiger partial charge in [0.2, 0.25) is 0 Å². The number of hydrogen-bond acceptors (Lipinski definition) is 4. The van der Waals surface area contributed by atoms with Crippen molar-refractivity contribution in [1.29, 1.82) is 0 Å². The molecule has 1 fully saturated rings. The third-order valence-corrected chi connectivity index (χ3v) is 4.86. The number of rotatable bonds is 7. The van der Waals surface area contributed by atoms with Crippen LogP contribution in [0, 0.1) is 0 Å². The van der Waals surface area contributed by atoms with E-state index >= 15 is 0 Å². The quantitative estimate of drug-likeness (QED) is 0.828. The molecule has 3 rings (SSSR count). The van der Waals surface area contributed by atoms with Crippen LogP contribution in [0.15, 0.2) is 36.7 Å². The zero-order valence-corrected chi connectivity index (χ0v) is 15.6. The van der Waals surface area contributed by atoms with Crippen molar-refractivity contribution in [2.45, 2.75) is 38.8 Å². The molecule has 26 heavy (non-hydrogen) atoms. The maximum atomic E-state index is 13.0. The Morgan fingerprint density at radius 1 is 1.31 bits per heavy atom. The highest BCUT2D eigenvalue weighted by molar-refractivity contribution is 5.94. The zero-order valence-electron chi connectivity index (χ0n) is 15.6. The largest absolute Gasteiger partial charge is 0.497 e. The van der Waals surface area contributed by atoms with Gasteiger partial charge in [-0.25, -0.2) is 0 Å². The van der Waals surface area contributed by atoms with Gasteiger partial charge >= 0.3 is 0 Å². The fraction of sp³-hybridized carbons (Fsp3) is 0.500. The number of nitrogens with one attached hydrogen (secondary N) is 1. The predicted octanol–water partition coefficient (Wildman–Crippen LogP) is 2.54. The molecule has 0 aliphatic carbocycles. The molecule has 1 aromatic carbocycles. The average molecular weight is 356 g/mol. The molecule has 2 heterocycles. The van der Waals surface area contributed by atoms with Crippen LogP contribution < -0.4 is 10.1 Å². The molecular formula is C20H28N4O2. The zero-order chi connectivity index (χ0) is 18.4. The number of piperidine rings is 1. The number of aromatic nitrogens is 2. The molecular weight excluding hydrogens is 328 g/mol. The summed E-state index contributed by atoms with van der Waals surface area (Å²) in [6, 6.07) is 8.23. The molecule has 1 N–H and O–H groups in total. The van der Waals surface area contributed by atoms with Crippen molar-refractivity contribution in [3.05, 3.63) is 47.8 Å². The first-order chi connectivity index (χ1) is 12.7. The Morgan fingerprint density at radius 3 is 2.69 bits per heavy atom. The van der Waals surface area contributed by atoms with E-state index < -0.39 is 0 Å². The van der Waals surface area contributed by atoms with E-state index in [4.69, 9.17) is 4.74 Å². The lowest BCUT2D eigenvalue weighted by molar-refractivity contribution is 0.0642. The Labute approximate surface area is 155 Å². The summed E-state index contributed by atoms with van der Waals surface area (Å²) in [5, 5.41) is 7.75. The Balaban J connectivity index is 1.68. The molecule has 1 aromatic heterocycles. The third-order valence-electron chi connectivity index (χ3n) is 4.86. The minimum absolute atomic E-state index is 0.0970. The van der Waals surface area contributed by atoms with E-state index in [9.17, 15) is 4.79 Å². The van der Waals surface area contributed by atoms with E-state index in [1.54, 1.807) is 13.3 Å². The number of benzene rings is 1. The van der Waals surface area contributed by atoms with E-state index in [0.717, 1.165) is 50.2 Å². The second-order valence-electron chi connectivity index (χ2n) is 6.75. The highest BCUT2D eigenvalue weighted by Gasteiger charge is 2.26. The topological polar surface area (TPSA) is 59.4 Å². The van der Waals surface area contributed by atoms with E-state index in [0.29, 0.717) is 18.2 Å².